The fourth-order valence-corrected chi connectivity index (χ4v) is 2.72. The molecule has 0 saturated carbocycles. The summed E-state index contributed by atoms with van der Waals surface area (Å²) in [5.41, 5.74) is 1.63. The second-order valence-corrected chi connectivity index (χ2v) is 6.49. The van der Waals surface area contributed by atoms with E-state index in [0.29, 0.717) is 28.6 Å². The van der Waals surface area contributed by atoms with E-state index in [9.17, 15) is 14.0 Å². The van der Waals surface area contributed by atoms with Gasteiger partial charge < -0.3 is 5.32 Å². The third-order valence-corrected chi connectivity index (χ3v) is 4.20. The first kappa shape index (κ1) is 18.8. The number of nitrogens with one attached hydrogen (secondary N) is 1. The van der Waals surface area contributed by atoms with E-state index < -0.39 is 0 Å². The van der Waals surface area contributed by atoms with Crippen LogP contribution in [0.5, 0.6) is 0 Å². The van der Waals surface area contributed by atoms with Crippen LogP contribution in [-0.2, 0) is 17.9 Å². The normalized spacial score (nSPS) is 10.6. The molecular weight excluding hydrogens is 369 g/mol. The van der Waals surface area contributed by atoms with Crippen LogP contribution in [0.3, 0.4) is 0 Å². The molecule has 1 heterocycles. The van der Waals surface area contributed by atoms with Crippen LogP contribution in [0.15, 0.2) is 59.4 Å². The molecule has 27 heavy (non-hydrogen) atoms. The molecule has 1 N–H and O–H groups in total. The lowest BCUT2D eigenvalue weighted by Crippen LogP contribution is -2.33. The van der Waals surface area contributed by atoms with E-state index in [4.69, 9.17) is 11.6 Å². The third-order valence-electron chi connectivity index (χ3n) is 3.94. The van der Waals surface area contributed by atoms with Crippen LogP contribution in [-0.4, -0.2) is 15.5 Å². The summed E-state index contributed by atoms with van der Waals surface area (Å²) in [6.45, 7) is 1.82. The zero-order valence-electron chi connectivity index (χ0n) is 14.6. The molecule has 0 unspecified atom stereocenters. The first-order chi connectivity index (χ1) is 12.9. The Labute approximate surface area is 160 Å². The number of aryl methyl sites for hydroxylation is 1. The summed E-state index contributed by atoms with van der Waals surface area (Å²) in [6.07, 6.45) is 0. The lowest BCUT2D eigenvalue weighted by atomic mass is 10.2. The molecule has 0 atom stereocenters. The smallest absolute Gasteiger partial charge is 0.254 e. The number of benzene rings is 2. The summed E-state index contributed by atoms with van der Waals surface area (Å²) < 4.78 is 14.5. The average molecular weight is 386 g/mol. The number of carbonyl (C=O) groups is 1. The first-order valence-electron chi connectivity index (χ1n) is 8.28. The van der Waals surface area contributed by atoms with Gasteiger partial charge in [-0.1, -0.05) is 23.7 Å². The maximum Gasteiger partial charge on any atom is 0.254 e. The Morgan fingerprint density at radius 1 is 1.15 bits per heavy atom. The molecule has 2 aromatic carbocycles. The highest BCUT2D eigenvalue weighted by atomic mass is 35.5. The van der Waals surface area contributed by atoms with Gasteiger partial charge in [-0.3, -0.25) is 14.2 Å². The Hall–Kier alpha value is -2.99. The van der Waals surface area contributed by atoms with Crippen molar-refractivity contribution in [1.29, 1.82) is 0 Å². The molecule has 3 aromatic rings. The van der Waals surface area contributed by atoms with Crippen LogP contribution >= 0.6 is 11.6 Å². The molecule has 0 radical (unpaired) electrons. The fourth-order valence-electron chi connectivity index (χ4n) is 2.60. The highest BCUT2D eigenvalue weighted by Gasteiger charge is 2.13. The number of hydrogen-bond donors (Lipinski definition) is 1. The van der Waals surface area contributed by atoms with Gasteiger partial charge in [0, 0.05) is 28.9 Å². The molecule has 5 nitrogen and oxygen atoms in total. The Morgan fingerprint density at radius 2 is 1.81 bits per heavy atom. The molecule has 1 aromatic heterocycles. The maximum absolute atomic E-state index is 13.2. The first-order valence-corrected chi connectivity index (χ1v) is 8.66. The molecule has 7 heteroatoms. The molecule has 0 aliphatic heterocycles. The van der Waals surface area contributed by atoms with Gasteiger partial charge in [0.2, 0.25) is 5.91 Å². The molecule has 1 amide bonds. The summed E-state index contributed by atoms with van der Waals surface area (Å²) >= 11 is 5.84. The summed E-state index contributed by atoms with van der Waals surface area (Å²) in [6, 6.07) is 14.1. The topological polar surface area (TPSA) is 64.0 Å². The molecule has 0 aliphatic carbocycles. The molecule has 0 aliphatic rings. The number of halogens is 2. The Kier molecular flexibility index (Phi) is 5.66. The van der Waals surface area contributed by atoms with Crippen LogP contribution in [0, 0.1) is 12.7 Å². The molecular formula is C20H17ClFN3O2. The lowest BCUT2D eigenvalue weighted by molar-refractivity contribution is -0.121. The number of amides is 1. The van der Waals surface area contributed by atoms with Crippen molar-refractivity contribution in [3.05, 3.63) is 87.0 Å². The van der Waals surface area contributed by atoms with E-state index in [-0.39, 0.29) is 23.8 Å². The van der Waals surface area contributed by atoms with Gasteiger partial charge in [-0.05, 0) is 48.9 Å². The maximum atomic E-state index is 13.2. The summed E-state index contributed by atoms with van der Waals surface area (Å²) in [5, 5.41) is 3.38. The van der Waals surface area contributed by atoms with E-state index >= 15 is 0 Å². The van der Waals surface area contributed by atoms with Crippen molar-refractivity contribution in [2.45, 2.75) is 20.0 Å². The predicted octanol–water partition coefficient (Wildman–Crippen LogP) is 3.33. The van der Waals surface area contributed by atoms with Crippen LogP contribution in [0.2, 0.25) is 5.02 Å². The molecule has 0 saturated heterocycles. The van der Waals surface area contributed by atoms with E-state index in [0.717, 1.165) is 5.56 Å². The summed E-state index contributed by atoms with van der Waals surface area (Å²) in [5.74, 6) is -0.399. The van der Waals surface area contributed by atoms with Crippen molar-refractivity contribution in [1.82, 2.24) is 14.9 Å². The van der Waals surface area contributed by atoms with Gasteiger partial charge in [-0.25, -0.2) is 9.37 Å². The zero-order valence-corrected chi connectivity index (χ0v) is 15.3. The standard InChI is InChI=1S/C20H17ClFN3O2/c1-13-10-19(27)25(20(24-13)15-4-8-17(22)9-5-15)12-18(26)23-11-14-2-6-16(21)7-3-14/h2-10H,11-12H2,1H3,(H,23,26). The third kappa shape index (κ3) is 4.80. The van der Waals surface area contributed by atoms with Crippen molar-refractivity contribution >= 4 is 17.5 Å². The van der Waals surface area contributed by atoms with Crippen molar-refractivity contribution < 1.29 is 9.18 Å². The number of aromatic nitrogens is 2. The van der Waals surface area contributed by atoms with Gasteiger partial charge in [0.1, 0.15) is 18.2 Å². The summed E-state index contributed by atoms with van der Waals surface area (Å²) in [4.78, 5) is 29.1. The predicted molar refractivity (Wildman–Crippen MR) is 102 cm³/mol. The number of nitrogens with zero attached hydrogens (tertiary/aromatic N) is 2. The van der Waals surface area contributed by atoms with Crippen molar-refractivity contribution in [3.63, 3.8) is 0 Å². The second kappa shape index (κ2) is 8.14. The Morgan fingerprint density at radius 3 is 2.48 bits per heavy atom. The van der Waals surface area contributed by atoms with E-state index in [2.05, 4.69) is 10.3 Å². The number of hydrogen-bond acceptors (Lipinski definition) is 3. The van der Waals surface area contributed by atoms with Crippen molar-refractivity contribution in [2.24, 2.45) is 0 Å². The minimum absolute atomic E-state index is 0.188. The van der Waals surface area contributed by atoms with Gasteiger partial charge in [0.15, 0.2) is 0 Å². The van der Waals surface area contributed by atoms with Gasteiger partial charge in [-0.15, -0.1) is 0 Å². The molecule has 138 valence electrons. The molecule has 0 fully saturated rings. The molecule has 3 rings (SSSR count). The Bertz CT molecular complexity index is 1010. The van der Waals surface area contributed by atoms with Gasteiger partial charge in [-0.2, -0.15) is 0 Å². The quantitative estimate of drug-likeness (QED) is 0.732. The zero-order chi connectivity index (χ0) is 19.4. The monoisotopic (exact) mass is 385 g/mol. The Balaban J connectivity index is 1.81. The van der Waals surface area contributed by atoms with Crippen LogP contribution in [0.25, 0.3) is 11.4 Å². The van der Waals surface area contributed by atoms with E-state index in [1.165, 1.54) is 34.9 Å². The van der Waals surface area contributed by atoms with Crippen molar-refractivity contribution in [2.75, 3.05) is 0 Å². The minimum Gasteiger partial charge on any atom is -0.350 e. The fraction of sp³-hybridized carbons (Fsp3) is 0.150. The van der Waals surface area contributed by atoms with E-state index in [1.54, 1.807) is 19.1 Å². The largest absolute Gasteiger partial charge is 0.350 e. The number of rotatable bonds is 5. The lowest BCUT2D eigenvalue weighted by Gasteiger charge is -2.13. The molecule has 0 spiro atoms. The van der Waals surface area contributed by atoms with Gasteiger partial charge in [0.05, 0.1) is 0 Å². The SMILES string of the molecule is Cc1cc(=O)n(CC(=O)NCc2ccc(Cl)cc2)c(-c2ccc(F)cc2)n1. The van der Waals surface area contributed by atoms with Gasteiger partial charge >= 0.3 is 0 Å². The molecule has 0 bridgehead atoms. The number of carbonyl (C=O) groups excluding carboxylic acids is 1. The van der Waals surface area contributed by atoms with Crippen LogP contribution in [0.1, 0.15) is 11.3 Å². The second-order valence-electron chi connectivity index (χ2n) is 6.06. The average Bonchev–Trinajstić information content (AvgIpc) is 2.64. The highest BCUT2D eigenvalue weighted by Crippen LogP contribution is 2.17. The van der Waals surface area contributed by atoms with Crippen LogP contribution in [0.4, 0.5) is 4.39 Å². The van der Waals surface area contributed by atoms with E-state index in [1.807, 2.05) is 12.1 Å². The van der Waals surface area contributed by atoms with Gasteiger partial charge in [0.25, 0.3) is 5.56 Å². The van der Waals surface area contributed by atoms with Crippen LogP contribution < -0.4 is 10.9 Å². The minimum atomic E-state index is -0.388. The van der Waals surface area contributed by atoms with Crippen molar-refractivity contribution in [3.8, 4) is 11.4 Å². The summed E-state index contributed by atoms with van der Waals surface area (Å²) in [7, 11) is 0. The highest BCUT2D eigenvalue weighted by molar-refractivity contribution is 6.30.